The summed E-state index contributed by atoms with van der Waals surface area (Å²) in [7, 11) is -1.83. The zero-order chi connectivity index (χ0) is 13.8. The van der Waals surface area contributed by atoms with Crippen molar-refractivity contribution in [2.75, 3.05) is 20.1 Å². The first-order valence-corrected chi connectivity index (χ1v) is 8.12. The molecule has 4 nitrogen and oxygen atoms in total. The molecule has 1 aromatic rings. The lowest BCUT2D eigenvalue weighted by Gasteiger charge is -2.16. The topological polar surface area (TPSA) is 49.4 Å². The number of halogens is 1. The van der Waals surface area contributed by atoms with Crippen molar-refractivity contribution in [1.29, 1.82) is 0 Å². The van der Waals surface area contributed by atoms with Crippen LogP contribution < -0.4 is 5.32 Å². The lowest BCUT2D eigenvalue weighted by molar-refractivity contribution is 0.486. The maximum absolute atomic E-state index is 12.3. The minimum absolute atomic E-state index is 0.322. The van der Waals surface area contributed by atoms with E-state index in [1.807, 2.05) is 19.9 Å². The Bertz CT molecular complexity index is 503. The number of nitrogens with one attached hydrogen (secondary N) is 1. The van der Waals surface area contributed by atoms with Gasteiger partial charge in [0.15, 0.2) is 0 Å². The molecule has 0 saturated carbocycles. The van der Waals surface area contributed by atoms with Crippen LogP contribution in [0.15, 0.2) is 27.6 Å². The van der Waals surface area contributed by atoms with Crippen molar-refractivity contribution in [2.45, 2.75) is 25.3 Å². The first-order chi connectivity index (χ1) is 8.43. The summed E-state index contributed by atoms with van der Waals surface area (Å²) in [6.07, 6.45) is 0. The molecule has 6 heteroatoms. The second-order valence-corrected chi connectivity index (χ2v) is 6.83. The molecule has 0 aliphatic heterocycles. The first kappa shape index (κ1) is 15.6. The molecule has 0 atom stereocenters. The molecular formula is C12H19BrN2O2S. The van der Waals surface area contributed by atoms with E-state index in [0.29, 0.717) is 22.5 Å². The van der Waals surface area contributed by atoms with Crippen LogP contribution in [-0.4, -0.2) is 32.9 Å². The molecule has 1 N–H and O–H groups in total. The molecule has 0 aliphatic rings. The van der Waals surface area contributed by atoms with Crippen LogP contribution in [0.3, 0.4) is 0 Å². The van der Waals surface area contributed by atoms with Gasteiger partial charge in [0.2, 0.25) is 10.0 Å². The fourth-order valence-electron chi connectivity index (χ4n) is 1.46. The van der Waals surface area contributed by atoms with E-state index in [1.165, 1.54) is 4.31 Å². The normalized spacial score (nSPS) is 12.1. The summed E-state index contributed by atoms with van der Waals surface area (Å²) in [5.74, 6) is 0. The third kappa shape index (κ3) is 3.54. The summed E-state index contributed by atoms with van der Waals surface area (Å²) in [5.41, 5.74) is 0.961. The van der Waals surface area contributed by atoms with Crippen molar-refractivity contribution in [1.82, 2.24) is 9.62 Å². The highest BCUT2D eigenvalue weighted by atomic mass is 79.9. The summed E-state index contributed by atoms with van der Waals surface area (Å²) < 4.78 is 26.5. The zero-order valence-corrected chi connectivity index (χ0v) is 13.3. The van der Waals surface area contributed by atoms with Gasteiger partial charge in [-0.15, -0.1) is 0 Å². The van der Waals surface area contributed by atoms with Crippen molar-refractivity contribution < 1.29 is 8.42 Å². The molecule has 1 aromatic carbocycles. The van der Waals surface area contributed by atoms with E-state index in [0.717, 1.165) is 12.1 Å². The Balaban J connectivity index is 3.15. The lowest BCUT2D eigenvalue weighted by atomic mass is 10.2. The van der Waals surface area contributed by atoms with Crippen molar-refractivity contribution in [3.8, 4) is 0 Å². The molecule has 0 heterocycles. The predicted octanol–water partition coefficient (Wildman–Crippen LogP) is 2.20. The predicted molar refractivity (Wildman–Crippen MR) is 77.0 cm³/mol. The molecule has 0 bridgehead atoms. The van der Waals surface area contributed by atoms with E-state index < -0.39 is 10.0 Å². The molecule has 0 fully saturated rings. The molecule has 0 aliphatic carbocycles. The summed E-state index contributed by atoms with van der Waals surface area (Å²) in [5, 5.41) is 3.18. The molecule has 0 spiro atoms. The van der Waals surface area contributed by atoms with Gasteiger partial charge in [0, 0.05) is 24.6 Å². The average Bonchev–Trinajstić information content (AvgIpc) is 2.36. The fourth-order valence-corrected chi connectivity index (χ4v) is 3.61. The van der Waals surface area contributed by atoms with Crippen molar-refractivity contribution in [3.63, 3.8) is 0 Å². The Morgan fingerprint density at radius 1 is 1.33 bits per heavy atom. The second-order valence-electron chi connectivity index (χ2n) is 3.96. The van der Waals surface area contributed by atoms with Gasteiger partial charge in [-0.25, -0.2) is 12.7 Å². The number of hydrogen-bond donors (Lipinski definition) is 1. The van der Waals surface area contributed by atoms with Crippen LogP contribution >= 0.6 is 15.9 Å². The van der Waals surface area contributed by atoms with Crippen LogP contribution in [0, 0.1) is 0 Å². The summed E-state index contributed by atoms with van der Waals surface area (Å²) >= 11 is 3.31. The summed E-state index contributed by atoms with van der Waals surface area (Å²) in [6.45, 7) is 5.80. The number of nitrogens with zero attached hydrogens (tertiary/aromatic N) is 1. The number of rotatable bonds is 6. The minimum atomic E-state index is -3.41. The Hall–Kier alpha value is -0.430. The van der Waals surface area contributed by atoms with Crippen LogP contribution in [0.2, 0.25) is 0 Å². The van der Waals surface area contributed by atoms with Gasteiger partial charge >= 0.3 is 0 Å². The SMILES string of the molecule is CCNCc1ccc(Br)c(S(=O)(=O)N(C)CC)c1. The highest BCUT2D eigenvalue weighted by Crippen LogP contribution is 2.25. The van der Waals surface area contributed by atoms with E-state index in [-0.39, 0.29) is 0 Å². The average molecular weight is 335 g/mol. The molecule has 0 saturated heterocycles. The van der Waals surface area contributed by atoms with Gasteiger partial charge in [-0.05, 0) is 40.2 Å². The lowest BCUT2D eigenvalue weighted by Crippen LogP contribution is -2.27. The third-order valence-corrected chi connectivity index (χ3v) is 5.63. The molecule has 1 rings (SSSR count). The van der Waals surface area contributed by atoms with Crippen LogP contribution in [0.5, 0.6) is 0 Å². The van der Waals surface area contributed by atoms with Gasteiger partial charge in [0.05, 0.1) is 4.90 Å². The Labute approximate surface area is 118 Å². The highest BCUT2D eigenvalue weighted by molar-refractivity contribution is 9.10. The smallest absolute Gasteiger partial charge is 0.243 e. The zero-order valence-electron chi connectivity index (χ0n) is 10.9. The summed E-state index contributed by atoms with van der Waals surface area (Å²) in [4.78, 5) is 0.322. The first-order valence-electron chi connectivity index (χ1n) is 5.89. The Morgan fingerprint density at radius 2 is 2.00 bits per heavy atom. The maximum Gasteiger partial charge on any atom is 0.243 e. The van der Waals surface area contributed by atoms with E-state index in [4.69, 9.17) is 0 Å². The second kappa shape index (κ2) is 6.65. The highest BCUT2D eigenvalue weighted by Gasteiger charge is 2.22. The van der Waals surface area contributed by atoms with Crippen LogP contribution in [0.25, 0.3) is 0 Å². The van der Waals surface area contributed by atoms with Crippen LogP contribution in [0.1, 0.15) is 19.4 Å². The Morgan fingerprint density at radius 3 is 2.56 bits per heavy atom. The van der Waals surface area contributed by atoms with Gasteiger partial charge in [0.1, 0.15) is 0 Å². The van der Waals surface area contributed by atoms with E-state index >= 15 is 0 Å². The monoisotopic (exact) mass is 334 g/mol. The molecule has 18 heavy (non-hydrogen) atoms. The van der Waals surface area contributed by atoms with Gasteiger partial charge in [0.25, 0.3) is 0 Å². The number of sulfonamides is 1. The van der Waals surface area contributed by atoms with Gasteiger partial charge in [-0.2, -0.15) is 0 Å². The van der Waals surface area contributed by atoms with Crippen molar-refractivity contribution in [2.24, 2.45) is 0 Å². The third-order valence-electron chi connectivity index (χ3n) is 2.71. The molecular weight excluding hydrogens is 316 g/mol. The Kier molecular flexibility index (Phi) is 5.78. The van der Waals surface area contributed by atoms with Crippen LogP contribution in [-0.2, 0) is 16.6 Å². The van der Waals surface area contributed by atoms with E-state index in [1.54, 1.807) is 19.2 Å². The van der Waals surface area contributed by atoms with Gasteiger partial charge in [-0.1, -0.05) is 19.9 Å². The van der Waals surface area contributed by atoms with Crippen molar-refractivity contribution in [3.05, 3.63) is 28.2 Å². The quantitative estimate of drug-likeness (QED) is 0.867. The molecule has 0 aromatic heterocycles. The number of benzene rings is 1. The summed E-state index contributed by atoms with van der Waals surface area (Å²) in [6, 6.07) is 5.41. The molecule has 0 unspecified atom stereocenters. The molecule has 102 valence electrons. The van der Waals surface area contributed by atoms with Gasteiger partial charge in [-0.3, -0.25) is 0 Å². The number of hydrogen-bond acceptors (Lipinski definition) is 3. The molecule has 0 radical (unpaired) electrons. The molecule has 0 amide bonds. The standard InChI is InChI=1S/C12H19BrN2O2S/c1-4-14-9-10-6-7-11(13)12(8-10)18(16,17)15(3)5-2/h6-8,14H,4-5,9H2,1-3H3. The van der Waals surface area contributed by atoms with Crippen LogP contribution in [0.4, 0.5) is 0 Å². The largest absolute Gasteiger partial charge is 0.313 e. The maximum atomic E-state index is 12.3. The fraction of sp³-hybridized carbons (Fsp3) is 0.500. The van der Waals surface area contributed by atoms with E-state index in [9.17, 15) is 8.42 Å². The van der Waals surface area contributed by atoms with E-state index in [2.05, 4.69) is 21.2 Å². The minimum Gasteiger partial charge on any atom is -0.313 e. The van der Waals surface area contributed by atoms with Crippen molar-refractivity contribution >= 4 is 26.0 Å². The van der Waals surface area contributed by atoms with Gasteiger partial charge < -0.3 is 5.32 Å².